The molecule has 0 spiro atoms. The van der Waals surface area contributed by atoms with Crippen LogP contribution in [0.4, 0.5) is 5.69 Å². The van der Waals surface area contributed by atoms with Gasteiger partial charge in [0.15, 0.2) is 6.61 Å². The van der Waals surface area contributed by atoms with Crippen LogP contribution in [0.5, 0.6) is 11.5 Å². The Morgan fingerprint density at radius 1 is 1.00 bits per heavy atom. The second-order valence-corrected chi connectivity index (χ2v) is 4.77. The lowest BCUT2D eigenvalue weighted by Crippen LogP contribution is -2.14. The second-order valence-electron chi connectivity index (χ2n) is 4.77. The normalized spacial score (nSPS) is 9.92. The van der Waals surface area contributed by atoms with Crippen LogP contribution in [-0.4, -0.2) is 32.2 Å². The Labute approximate surface area is 140 Å². The molecular formula is C18H19NO5. The Balaban J connectivity index is 2.01. The molecule has 6 heteroatoms. The first-order valence-corrected chi connectivity index (χ1v) is 7.47. The molecule has 1 N–H and O–H groups in total. The van der Waals surface area contributed by atoms with E-state index in [0.717, 1.165) is 0 Å². The first-order valence-electron chi connectivity index (χ1n) is 7.47. The molecule has 0 saturated heterocycles. The average Bonchev–Trinajstić information content (AvgIpc) is 2.62. The van der Waals surface area contributed by atoms with Crippen LogP contribution in [0.15, 0.2) is 48.5 Å². The maximum atomic E-state index is 12.3. The van der Waals surface area contributed by atoms with Gasteiger partial charge in [0.25, 0.3) is 5.91 Å². The lowest BCUT2D eigenvalue weighted by Gasteiger charge is -2.11. The standard InChI is InChI=1S/C18H19NO5/c1-3-23-16-7-5-4-6-15(16)19-18(21)13-8-10-14(11-9-13)24-12-17(20)22-2/h4-11H,3,12H2,1-2H3,(H,19,21). The van der Waals surface area contributed by atoms with Gasteiger partial charge in [-0.25, -0.2) is 4.79 Å². The molecule has 2 rings (SSSR count). The van der Waals surface area contributed by atoms with Gasteiger partial charge in [-0.1, -0.05) is 12.1 Å². The van der Waals surface area contributed by atoms with E-state index in [-0.39, 0.29) is 12.5 Å². The van der Waals surface area contributed by atoms with Crippen molar-refractivity contribution in [3.8, 4) is 11.5 Å². The molecule has 2 aromatic carbocycles. The smallest absolute Gasteiger partial charge is 0.343 e. The highest BCUT2D eigenvalue weighted by Crippen LogP contribution is 2.24. The van der Waals surface area contributed by atoms with Crippen LogP contribution in [0.1, 0.15) is 17.3 Å². The number of esters is 1. The summed E-state index contributed by atoms with van der Waals surface area (Å²) >= 11 is 0. The molecule has 0 radical (unpaired) electrons. The summed E-state index contributed by atoms with van der Waals surface area (Å²) in [5.41, 5.74) is 1.07. The highest BCUT2D eigenvalue weighted by molar-refractivity contribution is 6.05. The Bertz CT molecular complexity index is 697. The highest BCUT2D eigenvalue weighted by Gasteiger charge is 2.10. The number of hydrogen-bond donors (Lipinski definition) is 1. The molecule has 0 fully saturated rings. The van der Waals surface area contributed by atoms with Gasteiger partial charge < -0.3 is 19.5 Å². The zero-order valence-corrected chi connectivity index (χ0v) is 13.6. The molecule has 0 heterocycles. The van der Waals surface area contributed by atoms with E-state index in [4.69, 9.17) is 9.47 Å². The Morgan fingerprint density at radius 2 is 1.71 bits per heavy atom. The molecule has 0 unspecified atom stereocenters. The third-order valence-corrected chi connectivity index (χ3v) is 3.14. The number of hydrogen-bond acceptors (Lipinski definition) is 5. The summed E-state index contributed by atoms with van der Waals surface area (Å²) in [6.07, 6.45) is 0. The van der Waals surface area contributed by atoms with Gasteiger partial charge in [0.1, 0.15) is 11.5 Å². The van der Waals surface area contributed by atoms with Crippen molar-refractivity contribution in [1.82, 2.24) is 0 Å². The number of para-hydroxylation sites is 2. The summed E-state index contributed by atoms with van der Waals surface area (Å²) in [4.78, 5) is 23.3. The minimum atomic E-state index is -0.468. The van der Waals surface area contributed by atoms with E-state index in [1.54, 1.807) is 36.4 Å². The van der Waals surface area contributed by atoms with Gasteiger partial charge >= 0.3 is 5.97 Å². The third-order valence-electron chi connectivity index (χ3n) is 3.14. The first-order chi connectivity index (χ1) is 11.6. The molecule has 24 heavy (non-hydrogen) atoms. The number of carbonyl (C=O) groups is 2. The molecule has 0 saturated carbocycles. The molecule has 1 amide bonds. The van der Waals surface area contributed by atoms with Gasteiger partial charge in [-0.15, -0.1) is 0 Å². The van der Waals surface area contributed by atoms with Gasteiger partial charge in [0.05, 0.1) is 19.4 Å². The predicted octanol–water partition coefficient (Wildman–Crippen LogP) is 2.89. The fourth-order valence-corrected chi connectivity index (χ4v) is 1.95. The Kier molecular flexibility index (Phi) is 6.19. The second kappa shape index (κ2) is 8.57. The van der Waals surface area contributed by atoms with Gasteiger partial charge in [0, 0.05) is 5.56 Å². The van der Waals surface area contributed by atoms with Crippen molar-refractivity contribution in [3.63, 3.8) is 0 Å². The van der Waals surface area contributed by atoms with Crippen molar-refractivity contribution in [2.45, 2.75) is 6.92 Å². The Hall–Kier alpha value is -3.02. The van der Waals surface area contributed by atoms with Crippen molar-refractivity contribution in [2.75, 3.05) is 25.6 Å². The van der Waals surface area contributed by atoms with Gasteiger partial charge in [0.2, 0.25) is 0 Å². The van der Waals surface area contributed by atoms with E-state index in [0.29, 0.717) is 29.4 Å². The molecule has 0 aromatic heterocycles. The average molecular weight is 329 g/mol. The fraction of sp³-hybridized carbons (Fsp3) is 0.222. The first kappa shape index (κ1) is 17.3. The number of anilines is 1. The van der Waals surface area contributed by atoms with E-state index in [1.165, 1.54) is 7.11 Å². The molecule has 6 nitrogen and oxygen atoms in total. The van der Waals surface area contributed by atoms with Crippen LogP contribution in [0.2, 0.25) is 0 Å². The summed E-state index contributed by atoms with van der Waals surface area (Å²) < 4.78 is 15.2. The minimum Gasteiger partial charge on any atom is -0.492 e. The monoisotopic (exact) mass is 329 g/mol. The molecule has 0 bridgehead atoms. The van der Waals surface area contributed by atoms with Crippen LogP contribution < -0.4 is 14.8 Å². The van der Waals surface area contributed by atoms with Gasteiger partial charge in [-0.05, 0) is 43.3 Å². The number of rotatable bonds is 7. The van der Waals surface area contributed by atoms with Crippen molar-refractivity contribution in [1.29, 1.82) is 0 Å². The fourth-order valence-electron chi connectivity index (χ4n) is 1.95. The van der Waals surface area contributed by atoms with E-state index >= 15 is 0 Å². The quantitative estimate of drug-likeness (QED) is 0.791. The number of methoxy groups -OCH3 is 1. The summed E-state index contributed by atoms with van der Waals surface area (Å²) in [6, 6.07) is 13.7. The number of carbonyl (C=O) groups excluding carboxylic acids is 2. The number of ether oxygens (including phenoxy) is 3. The zero-order valence-electron chi connectivity index (χ0n) is 13.6. The predicted molar refractivity (Wildman–Crippen MR) is 89.5 cm³/mol. The van der Waals surface area contributed by atoms with Crippen LogP contribution in [-0.2, 0) is 9.53 Å². The summed E-state index contributed by atoms with van der Waals surface area (Å²) in [5.74, 6) is 0.365. The summed E-state index contributed by atoms with van der Waals surface area (Å²) in [6.45, 7) is 2.22. The SMILES string of the molecule is CCOc1ccccc1NC(=O)c1ccc(OCC(=O)OC)cc1. The van der Waals surface area contributed by atoms with E-state index in [9.17, 15) is 9.59 Å². The van der Waals surface area contributed by atoms with Gasteiger partial charge in [-0.2, -0.15) is 0 Å². The lowest BCUT2D eigenvalue weighted by atomic mass is 10.2. The highest BCUT2D eigenvalue weighted by atomic mass is 16.6. The van der Waals surface area contributed by atoms with E-state index in [1.807, 2.05) is 19.1 Å². The van der Waals surface area contributed by atoms with Crippen LogP contribution in [0.25, 0.3) is 0 Å². The molecule has 2 aromatic rings. The van der Waals surface area contributed by atoms with E-state index in [2.05, 4.69) is 10.1 Å². The van der Waals surface area contributed by atoms with Crippen LogP contribution >= 0.6 is 0 Å². The maximum absolute atomic E-state index is 12.3. The van der Waals surface area contributed by atoms with Crippen molar-refractivity contribution in [3.05, 3.63) is 54.1 Å². The summed E-state index contributed by atoms with van der Waals surface area (Å²) in [5, 5.41) is 2.81. The Morgan fingerprint density at radius 3 is 2.38 bits per heavy atom. The van der Waals surface area contributed by atoms with Gasteiger partial charge in [-0.3, -0.25) is 4.79 Å². The lowest BCUT2D eigenvalue weighted by molar-refractivity contribution is -0.142. The molecule has 0 aliphatic rings. The molecular weight excluding hydrogens is 310 g/mol. The largest absolute Gasteiger partial charge is 0.492 e. The number of nitrogens with one attached hydrogen (secondary N) is 1. The van der Waals surface area contributed by atoms with Crippen molar-refractivity contribution < 1.29 is 23.8 Å². The number of amides is 1. The van der Waals surface area contributed by atoms with Crippen molar-refractivity contribution >= 4 is 17.6 Å². The molecule has 126 valence electrons. The maximum Gasteiger partial charge on any atom is 0.343 e. The minimum absolute atomic E-state index is 0.177. The third kappa shape index (κ3) is 4.74. The number of benzene rings is 2. The summed E-state index contributed by atoms with van der Waals surface area (Å²) in [7, 11) is 1.29. The van der Waals surface area contributed by atoms with E-state index < -0.39 is 5.97 Å². The van der Waals surface area contributed by atoms with Crippen LogP contribution in [0, 0.1) is 0 Å². The van der Waals surface area contributed by atoms with Crippen LogP contribution in [0.3, 0.4) is 0 Å². The zero-order chi connectivity index (χ0) is 17.4. The molecule has 0 aliphatic heterocycles. The topological polar surface area (TPSA) is 73.9 Å². The molecule has 0 aliphatic carbocycles. The molecule has 0 atom stereocenters. The van der Waals surface area contributed by atoms with Crippen molar-refractivity contribution in [2.24, 2.45) is 0 Å².